The summed E-state index contributed by atoms with van der Waals surface area (Å²) in [6.45, 7) is 0.863. The zero-order valence-corrected chi connectivity index (χ0v) is 17.2. The van der Waals surface area contributed by atoms with Gasteiger partial charge in [-0.15, -0.1) is 0 Å². The highest BCUT2D eigenvalue weighted by Gasteiger charge is 2.14. The number of benzene rings is 3. The number of nitrogens with one attached hydrogen (secondary N) is 1. The molecule has 4 nitrogen and oxygen atoms in total. The molecule has 0 aliphatic carbocycles. The first-order valence-electron chi connectivity index (χ1n) is 10.4. The minimum absolute atomic E-state index is 0.102. The third-order valence-corrected chi connectivity index (χ3v) is 5.18. The number of fused-ring (bicyclic) bond motifs is 1. The van der Waals surface area contributed by atoms with Crippen LogP contribution in [-0.4, -0.2) is 19.2 Å². The number of hydrogen-bond donors (Lipinski definition) is 1. The van der Waals surface area contributed by atoms with E-state index in [1.165, 1.54) is 11.1 Å². The lowest BCUT2D eigenvalue weighted by molar-refractivity contribution is -0.116. The monoisotopic (exact) mass is 411 g/mol. The molecule has 1 amide bonds. The van der Waals surface area contributed by atoms with Crippen molar-refractivity contribution < 1.29 is 14.3 Å². The molecule has 0 unspecified atom stereocenters. The second kappa shape index (κ2) is 10.3. The van der Waals surface area contributed by atoms with Gasteiger partial charge in [-0.05, 0) is 35.2 Å². The molecule has 3 aromatic rings. The van der Waals surface area contributed by atoms with E-state index in [0.717, 1.165) is 23.5 Å². The highest BCUT2D eigenvalue weighted by atomic mass is 16.7. The molecule has 0 spiro atoms. The van der Waals surface area contributed by atoms with Crippen LogP contribution in [0.3, 0.4) is 0 Å². The van der Waals surface area contributed by atoms with Gasteiger partial charge in [0.1, 0.15) is 0 Å². The van der Waals surface area contributed by atoms with Gasteiger partial charge in [0.15, 0.2) is 11.5 Å². The maximum absolute atomic E-state index is 12.2. The third-order valence-electron chi connectivity index (χ3n) is 5.18. The number of hydrogen-bond acceptors (Lipinski definition) is 3. The summed E-state index contributed by atoms with van der Waals surface area (Å²) in [7, 11) is 0. The zero-order chi connectivity index (χ0) is 21.3. The average Bonchev–Trinajstić information content (AvgIpc) is 3.29. The second-order valence-electron chi connectivity index (χ2n) is 7.28. The van der Waals surface area contributed by atoms with E-state index in [1.807, 2.05) is 42.5 Å². The second-order valence-corrected chi connectivity index (χ2v) is 7.28. The molecule has 4 rings (SSSR count). The Morgan fingerprint density at radius 2 is 1.55 bits per heavy atom. The Kier molecular flexibility index (Phi) is 6.81. The van der Waals surface area contributed by atoms with Gasteiger partial charge in [0.2, 0.25) is 12.7 Å². The number of carbonyl (C=O) groups is 1. The lowest BCUT2D eigenvalue weighted by atomic mass is 9.88. The van der Waals surface area contributed by atoms with Crippen LogP contribution in [0.15, 0.2) is 97.1 Å². The van der Waals surface area contributed by atoms with Crippen molar-refractivity contribution >= 4 is 12.0 Å². The van der Waals surface area contributed by atoms with Crippen LogP contribution >= 0.6 is 0 Å². The number of allylic oxidation sites excluding steroid dienone is 2. The van der Waals surface area contributed by atoms with Crippen LogP contribution in [0.2, 0.25) is 0 Å². The predicted octanol–water partition coefficient (Wildman–Crippen LogP) is 5.32. The summed E-state index contributed by atoms with van der Waals surface area (Å²) in [6.07, 6.45) is 7.89. The maximum Gasteiger partial charge on any atom is 0.243 e. The highest BCUT2D eigenvalue weighted by Crippen LogP contribution is 2.32. The number of ether oxygens (including phenoxy) is 2. The molecule has 4 heteroatoms. The molecule has 3 aromatic carbocycles. The van der Waals surface area contributed by atoms with E-state index in [1.54, 1.807) is 12.2 Å². The van der Waals surface area contributed by atoms with Gasteiger partial charge in [-0.2, -0.15) is 0 Å². The minimum atomic E-state index is -0.102. The molecule has 0 saturated heterocycles. The zero-order valence-electron chi connectivity index (χ0n) is 17.2. The van der Waals surface area contributed by atoms with E-state index in [9.17, 15) is 4.79 Å². The topological polar surface area (TPSA) is 47.6 Å². The molecule has 1 aliphatic heterocycles. The molecule has 0 radical (unpaired) electrons. The summed E-state index contributed by atoms with van der Waals surface area (Å²) in [5.74, 6) is 1.65. The van der Waals surface area contributed by atoms with Gasteiger partial charge in [0.05, 0.1) is 0 Å². The molecule has 0 bridgehead atoms. The standard InChI is InChI=1S/C27H25NO3/c29-27(14-8-7-9-21-15-16-25-26(19-21)31-20-30-25)28-18-17-24(22-10-3-1-4-11-22)23-12-5-2-6-13-23/h1-16,19,24H,17-18,20H2,(H,28,29)/b9-7+,14-8+. The Morgan fingerprint density at radius 3 is 2.26 bits per heavy atom. The number of rotatable bonds is 8. The summed E-state index contributed by atoms with van der Waals surface area (Å²) in [6, 6.07) is 26.6. The molecule has 1 N–H and O–H groups in total. The van der Waals surface area contributed by atoms with Gasteiger partial charge >= 0.3 is 0 Å². The average molecular weight is 412 g/mol. The lowest BCUT2D eigenvalue weighted by Gasteiger charge is -2.18. The molecule has 0 aromatic heterocycles. The minimum Gasteiger partial charge on any atom is -0.454 e. The van der Waals surface area contributed by atoms with Gasteiger partial charge in [0, 0.05) is 18.5 Å². The van der Waals surface area contributed by atoms with Crippen molar-refractivity contribution in [2.75, 3.05) is 13.3 Å². The molecule has 0 atom stereocenters. The Hall–Kier alpha value is -3.79. The summed E-state index contributed by atoms with van der Waals surface area (Å²) in [4.78, 5) is 12.2. The van der Waals surface area contributed by atoms with E-state index < -0.39 is 0 Å². The molecule has 156 valence electrons. The van der Waals surface area contributed by atoms with Gasteiger partial charge in [0.25, 0.3) is 0 Å². The molecule has 0 fully saturated rings. The van der Waals surface area contributed by atoms with Gasteiger partial charge in [-0.25, -0.2) is 0 Å². The van der Waals surface area contributed by atoms with E-state index in [0.29, 0.717) is 6.54 Å². The summed E-state index contributed by atoms with van der Waals surface area (Å²) in [5.41, 5.74) is 3.50. The predicted molar refractivity (Wildman–Crippen MR) is 123 cm³/mol. The Balaban J connectivity index is 1.29. The molecular formula is C27H25NO3. The van der Waals surface area contributed by atoms with E-state index in [-0.39, 0.29) is 18.6 Å². The van der Waals surface area contributed by atoms with Crippen molar-refractivity contribution in [3.63, 3.8) is 0 Å². The van der Waals surface area contributed by atoms with Gasteiger partial charge in [-0.3, -0.25) is 4.79 Å². The van der Waals surface area contributed by atoms with Gasteiger partial charge in [-0.1, -0.05) is 85.0 Å². The largest absolute Gasteiger partial charge is 0.454 e. The van der Waals surface area contributed by atoms with Crippen molar-refractivity contribution in [1.29, 1.82) is 0 Å². The van der Waals surface area contributed by atoms with Crippen LogP contribution in [0.25, 0.3) is 6.08 Å². The molecule has 1 heterocycles. The fourth-order valence-corrected chi connectivity index (χ4v) is 3.62. The number of amides is 1. The van der Waals surface area contributed by atoms with Crippen molar-refractivity contribution in [3.8, 4) is 11.5 Å². The summed E-state index contributed by atoms with van der Waals surface area (Å²) in [5, 5.41) is 2.99. The molecule has 31 heavy (non-hydrogen) atoms. The van der Waals surface area contributed by atoms with Crippen LogP contribution in [0.1, 0.15) is 29.0 Å². The maximum atomic E-state index is 12.2. The van der Waals surface area contributed by atoms with E-state index in [2.05, 4.69) is 53.8 Å². The van der Waals surface area contributed by atoms with E-state index >= 15 is 0 Å². The van der Waals surface area contributed by atoms with Crippen molar-refractivity contribution in [2.24, 2.45) is 0 Å². The van der Waals surface area contributed by atoms with Crippen molar-refractivity contribution in [1.82, 2.24) is 5.32 Å². The van der Waals surface area contributed by atoms with Crippen molar-refractivity contribution in [3.05, 3.63) is 114 Å². The molecular weight excluding hydrogens is 386 g/mol. The fourth-order valence-electron chi connectivity index (χ4n) is 3.62. The molecule has 0 saturated carbocycles. The SMILES string of the molecule is O=C(/C=C/C=C/c1ccc2c(c1)OCO2)NCCC(c1ccccc1)c1ccccc1. The number of carbonyl (C=O) groups excluding carboxylic acids is 1. The Labute approximate surface area is 182 Å². The molecule has 1 aliphatic rings. The van der Waals surface area contributed by atoms with Crippen LogP contribution < -0.4 is 14.8 Å². The first-order valence-corrected chi connectivity index (χ1v) is 10.4. The summed E-state index contributed by atoms with van der Waals surface area (Å²) < 4.78 is 10.7. The first kappa shape index (κ1) is 20.5. The Morgan fingerprint density at radius 1 is 0.871 bits per heavy atom. The summed E-state index contributed by atoms with van der Waals surface area (Å²) >= 11 is 0. The van der Waals surface area contributed by atoms with Crippen LogP contribution in [0.5, 0.6) is 11.5 Å². The van der Waals surface area contributed by atoms with Crippen LogP contribution in [-0.2, 0) is 4.79 Å². The van der Waals surface area contributed by atoms with E-state index in [4.69, 9.17) is 9.47 Å². The quantitative estimate of drug-likeness (QED) is 0.403. The lowest BCUT2D eigenvalue weighted by Crippen LogP contribution is -2.23. The smallest absolute Gasteiger partial charge is 0.243 e. The van der Waals surface area contributed by atoms with Crippen LogP contribution in [0, 0.1) is 0 Å². The van der Waals surface area contributed by atoms with Gasteiger partial charge < -0.3 is 14.8 Å². The van der Waals surface area contributed by atoms with Crippen molar-refractivity contribution in [2.45, 2.75) is 12.3 Å². The van der Waals surface area contributed by atoms with Crippen LogP contribution in [0.4, 0.5) is 0 Å². The highest BCUT2D eigenvalue weighted by molar-refractivity contribution is 5.87. The Bertz CT molecular complexity index is 1020. The third kappa shape index (κ3) is 5.64. The fraction of sp³-hybridized carbons (Fsp3) is 0.148. The normalized spacial score (nSPS) is 12.7. The first-order chi connectivity index (χ1) is 15.3.